The normalized spacial score (nSPS) is 18.8. The first kappa shape index (κ1) is 24.0. The van der Waals surface area contributed by atoms with Crippen molar-refractivity contribution in [2.45, 2.75) is 25.8 Å². The van der Waals surface area contributed by atoms with Crippen molar-refractivity contribution in [1.29, 1.82) is 0 Å². The molecule has 29 heavy (non-hydrogen) atoms. The first-order valence-corrected chi connectivity index (χ1v) is 10.1. The summed E-state index contributed by atoms with van der Waals surface area (Å²) in [6, 6.07) is 4.17. The molecule has 1 aromatic carbocycles. The van der Waals surface area contributed by atoms with E-state index in [2.05, 4.69) is 27.3 Å². The predicted octanol–water partition coefficient (Wildman–Crippen LogP) is 2.70. The Morgan fingerprint density at radius 2 is 2.00 bits per heavy atom. The van der Waals surface area contributed by atoms with Crippen LogP contribution >= 0.6 is 24.0 Å². The summed E-state index contributed by atoms with van der Waals surface area (Å²) in [6.07, 6.45) is 3.04. The van der Waals surface area contributed by atoms with Crippen LogP contribution in [0.3, 0.4) is 0 Å². The van der Waals surface area contributed by atoms with Crippen molar-refractivity contribution in [3.63, 3.8) is 0 Å². The van der Waals surface area contributed by atoms with Gasteiger partial charge < -0.3 is 29.2 Å². The maximum atomic E-state index is 5.77. The summed E-state index contributed by atoms with van der Waals surface area (Å²) in [5.41, 5.74) is 2.57. The van der Waals surface area contributed by atoms with Gasteiger partial charge in [-0.3, -0.25) is 4.99 Å². The Morgan fingerprint density at radius 3 is 2.66 bits per heavy atom. The quantitative estimate of drug-likeness (QED) is 0.247. The van der Waals surface area contributed by atoms with E-state index in [-0.39, 0.29) is 24.0 Å². The average molecular weight is 519 g/mol. The molecule has 2 aliphatic heterocycles. The first-order chi connectivity index (χ1) is 13.7. The van der Waals surface area contributed by atoms with Crippen LogP contribution in [0.2, 0.25) is 0 Å². The summed E-state index contributed by atoms with van der Waals surface area (Å²) >= 11 is 0. The van der Waals surface area contributed by atoms with Gasteiger partial charge in [0.2, 0.25) is 0 Å². The van der Waals surface area contributed by atoms with Gasteiger partial charge in [0.05, 0.1) is 27.4 Å². The number of hydrogen-bond acceptors (Lipinski definition) is 5. The molecule has 1 unspecified atom stereocenters. The van der Waals surface area contributed by atoms with Crippen molar-refractivity contribution >= 4 is 29.9 Å². The fourth-order valence-electron chi connectivity index (χ4n) is 3.74. The Hall–Kier alpha value is -1.26. The highest BCUT2D eigenvalue weighted by atomic mass is 127. The van der Waals surface area contributed by atoms with Crippen molar-refractivity contribution in [3.05, 3.63) is 23.3 Å². The van der Waals surface area contributed by atoms with E-state index in [9.17, 15) is 0 Å². The Kier molecular flexibility index (Phi) is 10.3. The zero-order valence-electron chi connectivity index (χ0n) is 17.7. The van der Waals surface area contributed by atoms with E-state index < -0.39 is 0 Å². The van der Waals surface area contributed by atoms with E-state index in [1.807, 2.05) is 7.05 Å². The summed E-state index contributed by atoms with van der Waals surface area (Å²) < 4.78 is 22.0. The smallest absolute Gasteiger partial charge is 0.193 e. The molecule has 1 N–H and O–H groups in total. The maximum absolute atomic E-state index is 5.77. The van der Waals surface area contributed by atoms with Crippen LogP contribution < -0.4 is 14.8 Å². The Morgan fingerprint density at radius 1 is 1.24 bits per heavy atom. The molecule has 1 saturated heterocycles. The molecule has 0 saturated carbocycles. The second-order valence-corrected chi connectivity index (χ2v) is 7.28. The summed E-state index contributed by atoms with van der Waals surface area (Å²) in [5, 5.41) is 3.46. The fourth-order valence-corrected chi connectivity index (χ4v) is 3.74. The van der Waals surface area contributed by atoms with E-state index in [4.69, 9.17) is 18.9 Å². The number of hydrogen-bond donors (Lipinski definition) is 1. The highest BCUT2D eigenvalue weighted by molar-refractivity contribution is 14.0. The third-order valence-corrected chi connectivity index (χ3v) is 5.36. The minimum Gasteiger partial charge on any atom is -0.493 e. The number of methoxy groups -OCH3 is 2. The van der Waals surface area contributed by atoms with E-state index in [1.54, 1.807) is 14.2 Å². The number of nitrogens with one attached hydrogen (secondary N) is 1. The van der Waals surface area contributed by atoms with Crippen molar-refractivity contribution in [2.24, 2.45) is 10.9 Å². The topological polar surface area (TPSA) is 64.6 Å². The average Bonchev–Trinajstić information content (AvgIpc) is 3.25. The van der Waals surface area contributed by atoms with Crippen LogP contribution in [0.4, 0.5) is 0 Å². The van der Waals surface area contributed by atoms with Crippen molar-refractivity contribution in [3.8, 4) is 11.5 Å². The van der Waals surface area contributed by atoms with Crippen LogP contribution in [-0.2, 0) is 22.4 Å². The van der Waals surface area contributed by atoms with E-state index >= 15 is 0 Å². The summed E-state index contributed by atoms with van der Waals surface area (Å²) in [6.45, 7) is 5.89. The minimum atomic E-state index is 0. The lowest BCUT2D eigenvalue weighted by Gasteiger charge is -2.32. The van der Waals surface area contributed by atoms with E-state index in [0.717, 1.165) is 82.8 Å². The predicted molar refractivity (Wildman–Crippen MR) is 125 cm³/mol. The second-order valence-electron chi connectivity index (χ2n) is 7.28. The lowest BCUT2D eigenvalue weighted by atomic mass is 9.99. The third-order valence-electron chi connectivity index (χ3n) is 5.36. The molecule has 0 amide bonds. The summed E-state index contributed by atoms with van der Waals surface area (Å²) in [7, 11) is 5.19. The van der Waals surface area contributed by atoms with Crippen LogP contribution in [0.5, 0.6) is 11.5 Å². The molecule has 1 atom stereocenters. The fraction of sp³-hybridized carbons (Fsp3) is 0.667. The van der Waals surface area contributed by atoms with Gasteiger partial charge in [-0.1, -0.05) is 0 Å². The Balaban J connectivity index is 0.00000300. The molecular weight excluding hydrogens is 485 g/mol. The number of benzene rings is 1. The highest BCUT2D eigenvalue weighted by Gasteiger charge is 2.21. The minimum absolute atomic E-state index is 0. The molecular formula is C21H34IN3O4. The number of rotatable bonds is 8. The molecule has 0 aliphatic carbocycles. The molecule has 2 heterocycles. The molecule has 0 radical (unpaired) electrons. The maximum Gasteiger partial charge on any atom is 0.193 e. The molecule has 1 aromatic rings. The van der Waals surface area contributed by atoms with Gasteiger partial charge in [-0.25, -0.2) is 0 Å². The van der Waals surface area contributed by atoms with Crippen LogP contribution in [0.25, 0.3) is 0 Å². The molecule has 0 spiro atoms. The molecule has 3 rings (SSSR count). The number of nitrogens with zero attached hydrogens (tertiary/aromatic N) is 2. The van der Waals surface area contributed by atoms with Gasteiger partial charge in [0.1, 0.15) is 0 Å². The Bertz CT molecular complexity index is 666. The first-order valence-electron chi connectivity index (χ1n) is 10.1. The van der Waals surface area contributed by atoms with Crippen molar-refractivity contribution in [2.75, 3.05) is 60.8 Å². The largest absolute Gasteiger partial charge is 0.493 e. The summed E-state index contributed by atoms with van der Waals surface area (Å²) in [5.74, 6) is 3.08. The zero-order chi connectivity index (χ0) is 19.8. The van der Waals surface area contributed by atoms with Gasteiger partial charge in [-0.05, 0) is 42.5 Å². The lowest BCUT2D eigenvalue weighted by molar-refractivity contribution is 0.0887. The van der Waals surface area contributed by atoms with Crippen LogP contribution in [0.15, 0.2) is 17.1 Å². The SMILES string of the molecule is CN=C(NCCCOCC1CCOC1)N1CCc2cc(OC)c(OC)cc2C1.I. The van der Waals surface area contributed by atoms with Gasteiger partial charge in [-0.15, -0.1) is 24.0 Å². The summed E-state index contributed by atoms with van der Waals surface area (Å²) in [4.78, 5) is 6.74. The number of fused-ring (bicyclic) bond motifs is 1. The molecule has 7 nitrogen and oxygen atoms in total. The van der Waals surface area contributed by atoms with Crippen LogP contribution in [0.1, 0.15) is 24.0 Å². The van der Waals surface area contributed by atoms with Gasteiger partial charge in [-0.2, -0.15) is 0 Å². The van der Waals surface area contributed by atoms with Crippen LogP contribution in [-0.4, -0.2) is 71.6 Å². The monoisotopic (exact) mass is 519 g/mol. The molecule has 0 bridgehead atoms. The second kappa shape index (κ2) is 12.4. The number of aliphatic imine (C=N–C) groups is 1. The zero-order valence-corrected chi connectivity index (χ0v) is 20.1. The number of ether oxygens (including phenoxy) is 4. The van der Waals surface area contributed by atoms with E-state index in [1.165, 1.54) is 11.1 Å². The van der Waals surface area contributed by atoms with Crippen LogP contribution in [0, 0.1) is 5.92 Å². The standard InChI is InChI=1S/C21H33N3O4.HI/c1-22-21(23-7-4-9-27-14-16-6-10-28-15-16)24-8-5-17-11-19(25-2)20(26-3)12-18(17)13-24;/h11-12,16H,4-10,13-15H2,1-3H3,(H,22,23);1H. The van der Waals surface area contributed by atoms with Gasteiger partial charge >= 0.3 is 0 Å². The van der Waals surface area contributed by atoms with Gasteiger partial charge in [0, 0.05) is 45.8 Å². The lowest BCUT2D eigenvalue weighted by Crippen LogP contribution is -2.44. The number of halogens is 1. The van der Waals surface area contributed by atoms with Crippen molar-refractivity contribution < 1.29 is 18.9 Å². The van der Waals surface area contributed by atoms with Gasteiger partial charge in [0.25, 0.3) is 0 Å². The third kappa shape index (κ3) is 6.62. The molecule has 2 aliphatic rings. The molecule has 8 heteroatoms. The number of guanidine groups is 1. The molecule has 164 valence electrons. The van der Waals surface area contributed by atoms with Gasteiger partial charge in [0.15, 0.2) is 17.5 Å². The van der Waals surface area contributed by atoms with E-state index in [0.29, 0.717) is 5.92 Å². The molecule has 0 aromatic heterocycles. The highest BCUT2D eigenvalue weighted by Crippen LogP contribution is 2.33. The van der Waals surface area contributed by atoms with Crippen molar-refractivity contribution in [1.82, 2.24) is 10.2 Å². The Labute approximate surface area is 191 Å². The molecule has 1 fully saturated rings.